The van der Waals surface area contributed by atoms with Gasteiger partial charge in [0.25, 0.3) is 0 Å². The highest BCUT2D eigenvalue weighted by atomic mass is 16.5. The van der Waals surface area contributed by atoms with E-state index in [2.05, 4.69) is 4.90 Å². The lowest BCUT2D eigenvalue weighted by molar-refractivity contribution is 0.0957. The van der Waals surface area contributed by atoms with Gasteiger partial charge in [-0.15, -0.1) is 0 Å². The minimum Gasteiger partial charge on any atom is -0.395 e. The average Bonchev–Trinajstić information content (AvgIpc) is 2.34. The van der Waals surface area contributed by atoms with E-state index in [9.17, 15) is 0 Å². The molecule has 0 bridgehead atoms. The summed E-state index contributed by atoms with van der Waals surface area (Å²) in [6, 6.07) is 0.711. The van der Waals surface area contributed by atoms with E-state index in [0.29, 0.717) is 6.04 Å². The molecule has 0 amide bonds. The highest BCUT2D eigenvalue weighted by molar-refractivity contribution is 4.75. The quantitative estimate of drug-likeness (QED) is 0.647. The van der Waals surface area contributed by atoms with E-state index in [1.165, 1.54) is 32.1 Å². The van der Waals surface area contributed by atoms with E-state index in [1.54, 1.807) is 0 Å². The Labute approximate surface area is 99.8 Å². The van der Waals surface area contributed by atoms with Gasteiger partial charge in [0, 0.05) is 32.3 Å². The Morgan fingerprint density at radius 3 is 2.56 bits per heavy atom. The van der Waals surface area contributed by atoms with Gasteiger partial charge in [0.15, 0.2) is 0 Å². The van der Waals surface area contributed by atoms with Gasteiger partial charge in [-0.1, -0.05) is 19.3 Å². The smallest absolute Gasteiger partial charge is 0.0558 e. The molecule has 1 aliphatic rings. The molecule has 3 heteroatoms. The lowest BCUT2D eigenvalue weighted by Gasteiger charge is -2.33. The van der Waals surface area contributed by atoms with Crippen LogP contribution in [0.2, 0.25) is 0 Å². The predicted molar refractivity (Wildman–Crippen MR) is 66.6 cm³/mol. The van der Waals surface area contributed by atoms with Gasteiger partial charge in [-0.3, -0.25) is 4.90 Å². The first-order chi connectivity index (χ1) is 7.88. The standard InChI is InChI=1S/C13H27NO2/c1-2-16-12-6-9-14(10-11-15)13-7-4-3-5-8-13/h13,15H,2-12H2,1H3. The lowest BCUT2D eigenvalue weighted by atomic mass is 9.94. The Morgan fingerprint density at radius 1 is 1.19 bits per heavy atom. The number of aliphatic hydroxyl groups excluding tert-OH is 1. The van der Waals surface area contributed by atoms with Gasteiger partial charge in [0.05, 0.1) is 6.61 Å². The molecule has 96 valence electrons. The van der Waals surface area contributed by atoms with Gasteiger partial charge in [0.2, 0.25) is 0 Å². The van der Waals surface area contributed by atoms with Crippen molar-refractivity contribution in [3.8, 4) is 0 Å². The van der Waals surface area contributed by atoms with E-state index in [-0.39, 0.29) is 6.61 Å². The maximum atomic E-state index is 9.10. The maximum absolute atomic E-state index is 9.10. The molecule has 1 rings (SSSR count). The Bertz CT molecular complexity index is 158. The highest BCUT2D eigenvalue weighted by Gasteiger charge is 2.19. The van der Waals surface area contributed by atoms with Crippen LogP contribution in [0.5, 0.6) is 0 Å². The topological polar surface area (TPSA) is 32.7 Å². The second kappa shape index (κ2) is 8.97. The zero-order valence-electron chi connectivity index (χ0n) is 10.7. The number of hydrogen-bond donors (Lipinski definition) is 1. The summed E-state index contributed by atoms with van der Waals surface area (Å²) in [5, 5.41) is 9.10. The molecule has 0 atom stereocenters. The number of aliphatic hydroxyl groups is 1. The normalized spacial score (nSPS) is 18.2. The van der Waals surface area contributed by atoms with Crippen LogP contribution in [0.3, 0.4) is 0 Å². The first-order valence-electron chi connectivity index (χ1n) is 6.81. The SMILES string of the molecule is CCOCCCN(CCO)C1CCCCC1. The summed E-state index contributed by atoms with van der Waals surface area (Å²) < 4.78 is 5.36. The minimum atomic E-state index is 0.283. The fourth-order valence-corrected chi connectivity index (χ4v) is 2.57. The van der Waals surface area contributed by atoms with Crippen molar-refractivity contribution in [2.24, 2.45) is 0 Å². The van der Waals surface area contributed by atoms with E-state index in [4.69, 9.17) is 9.84 Å². The molecule has 0 aromatic carbocycles. The van der Waals surface area contributed by atoms with Crippen LogP contribution in [0.1, 0.15) is 45.4 Å². The third-order valence-corrected chi connectivity index (χ3v) is 3.42. The third-order valence-electron chi connectivity index (χ3n) is 3.42. The fourth-order valence-electron chi connectivity index (χ4n) is 2.57. The second-order valence-electron chi connectivity index (χ2n) is 4.60. The number of ether oxygens (including phenoxy) is 1. The Kier molecular flexibility index (Phi) is 7.81. The Hall–Kier alpha value is -0.120. The molecular formula is C13H27NO2. The zero-order chi connectivity index (χ0) is 11.6. The van der Waals surface area contributed by atoms with Crippen LogP contribution in [-0.2, 0) is 4.74 Å². The van der Waals surface area contributed by atoms with Crippen LogP contribution in [0.4, 0.5) is 0 Å². The van der Waals surface area contributed by atoms with Crippen molar-refractivity contribution in [3.63, 3.8) is 0 Å². The Morgan fingerprint density at radius 2 is 1.94 bits per heavy atom. The summed E-state index contributed by atoms with van der Waals surface area (Å²) in [6.07, 6.45) is 7.83. The highest BCUT2D eigenvalue weighted by Crippen LogP contribution is 2.22. The first-order valence-corrected chi connectivity index (χ1v) is 6.81. The molecular weight excluding hydrogens is 202 g/mol. The molecule has 1 fully saturated rings. The second-order valence-corrected chi connectivity index (χ2v) is 4.60. The molecule has 1 N–H and O–H groups in total. The third kappa shape index (κ3) is 5.28. The molecule has 1 aliphatic carbocycles. The monoisotopic (exact) mass is 229 g/mol. The molecule has 0 aliphatic heterocycles. The molecule has 1 saturated carbocycles. The van der Waals surface area contributed by atoms with Crippen molar-refractivity contribution < 1.29 is 9.84 Å². The van der Waals surface area contributed by atoms with Crippen molar-refractivity contribution in [2.75, 3.05) is 32.9 Å². The van der Waals surface area contributed by atoms with Crippen LogP contribution in [0.15, 0.2) is 0 Å². The van der Waals surface area contributed by atoms with Crippen LogP contribution >= 0.6 is 0 Å². The van der Waals surface area contributed by atoms with Gasteiger partial charge in [-0.2, -0.15) is 0 Å². The molecule has 0 heterocycles. The minimum absolute atomic E-state index is 0.283. The van der Waals surface area contributed by atoms with Gasteiger partial charge in [-0.05, 0) is 26.2 Å². The maximum Gasteiger partial charge on any atom is 0.0558 e. The zero-order valence-corrected chi connectivity index (χ0v) is 10.7. The summed E-state index contributed by atoms with van der Waals surface area (Å²) >= 11 is 0. The molecule has 16 heavy (non-hydrogen) atoms. The van der Waals surface area contributed by atoms with E-state index in [0.717, 1.165) is 32.7 Å². The predicted octanol–water partition coefficient (Wildman–Crippen LogP) is 2.04. The van der Waals surface area contributed by atoms with Gasteiger partial charge in [-0.25, -0.2) is 0 Å². The number of nitrogens with zero attached hydrogens (tertiary/aromatic N) is 1. The van der Waals surface area contributed by atoms with E-state index >= 15 is 0 Å². The molecule has 0 radical (unpaired) electrons. The summed E-state index contributed by atoms with van der Waals surface area (Å²) in [4.78, 5) is 2.46. The Balaban J connectivity index is 2.22. The van der Waals surface area contributed by atoms with E-state index < -0.39 is 0 Å². The number of rotatable bonds is 8. The van der Waals surface area contributed by atoms with Crippen molar-refractivity contribution in [1.82, 2.24) is 4.90 Å². The molecule has 3 nitrogen and oxygen atoms in total. The van der Waals surface area contributed by atoms with Crippen molar-refractivity contribution >= 4 is 0 Å². The molecule has 0 spiro atoms. The van der Waals surface area contributed by atoms with Crippen LogP contribution in [0, 0.1) is 0 Å². The first kappa shape index (κ1) is 13.9. The van der Waals surface area contributed by atoms with Crippen molar-refractivity contribution in [2.45, 2.75) is 51.5 Å². The summed E-state index contributed by atoms with van der Waals surface area (Å²) in [5.74, 6) is 0. The number of hydrogen-bond acceptors (Lipinski definition) is 3. The summed E-state index contributed by atoms with van der Waals surface area (Å²) in [7, 11) is 0. The van der Waals surface area contributed by atoms with Crippen molar-refractivity contribution in [1.29, 1.82) is 0 Å². The van der Waals surface area contributed by atoms with Gasteiger partial charge >= 0.3 is 0 Å². The fraction of sp³-hybridized carbons (Fsp3) is 1.00. The molecule has 0 aromatic heterocycles. The van der Waals surface area contributed by atoms with Crippen LogP contribution < -0.4 is 0 Å². The van der Waals surface area contributed by atoms with E-state index in [1.807, 2.05) is 6.92 Å². The summed E-state index contributed by atoms with van der Waals surface area (Å²) in [5.41, 5.74) is 0. The molecule has 0 aromatic rings. The molecule has 0 saturated heterocycles. The van der Waals surface area contributed by atoms with Gasteiger partial charge in [0.1, 0.15) is 0 Å². The van der Waals surface area contributed by atoms with Crippen molar-refractivity contribution in [3.05, 3.63) is 0 Å². The lowest BCUT2D eigenvalue weighted by Crippen LogP contribution is -2.39. The van der Waals surface area contributed by atoms with Gasteiger partial charge < -0.3 is 9.84 Å². The van der Waals surface area contributed by atoms with Crippen LogP contribution in [0.25, 0.3) is 0 Å². The average molecular weight is 229 g/mol. The summed E-state index contributed by atoms with van der Waals surface area (Å²) in [6.45, 7) is 5.88. The largest absolute Gasteiger partial charge is 0.395 e. The van der Waals surface area contributed by atoms with Crippen LogP contribution in [-0.4, -0.2) is 49.0 Å². The molecule has 0 unspecified atom stereocenters.